The van der Waals surface area contributed by atoms with Crippen LogP contribution in [0.15, 0.2) is 4.52 Å². The molecule has 1 N–H and O–H groups in total. The molecule has 0 aromatic carbocycles. The van der Waals surface area contributed by atoms with Crippen molar-refractivity contribution in [2.24, 2.45) is 0 Å². The zero-order chi connectivity index (χ0) is 13.0. The van der Waals surface area contributed by atoms with Gasteiger partial charge in [0.1, 0.15) is 5.60 Å². The maximum atomic E-state index is 5.88. The first-order valence-corrected chi connectivity index (χ1v) is 6.97. The van der Waals surface area contributed by atoms with E-state index in [4.69, 9.17) is 9.26 Å². The minimum atomic E-state index is -0.394. The monoisotopic (exact) mass is 253 g/mol. The summed E-state index contributed by atoms with van der Waals surface area (Å²) in [5.41, 5.74) is -0.394. The van der Waals surface area contributed by atoms with Gasteiger partial charge in [0.25, 0.3) is 0 Å². The highest BCUT2D eigenvalue weighted by Crippen LogP contribution is 2.32. The molecule has 1 aliphatic rings. The predicted octanol–water partition coefficient (Wildman–Crippen LogP) is 2.55. The van der Waals surface area contributed by atoms with Crippen LogP contribution in [-0.2, 0) is 10.3 Å². The molecule has 0 saturated carbocycles. The molecule has 1 aromatic heterocycles. The lowest BCUT2D eigenvalue weighted by atomic mass is 9.96. The van der Waals surface area contributed by atoms with Crippen LogP contribution in [0.5, 0.6) is 0 Å². The number of rotatable bonds is 6. The van der Waals surface area contributed by atoms with Crippen LogP contribution in [0.1, 0.15) is 64.2 Å². The summed E-state index contributed by atoms with van der Waals surface area (Å²) in [5.74, 6) is 1.39. The van der Waals surface area contributed by atoms with Gasteiger partial charge in [0.05, 0.1) is 6.04 Å². The average Bonchev–Trinajstić information content (AvgIpc) is 3.05. The molecular weight excluding hydrogens is 230 g/mol. The smallest absolute Gasteiger partial charge is 0.243 e. The first-order chi connectivity index (χ1) is 8.75. The second kappa shape index (κ2) is 5.80. The van der Waals surface area contributed by atoms with Crippen molar-refractivity contribution in [2.45, 2.75) is 58.1 Å². The Morgan fingerprint density at radius 2 is 2.17 bits per heavy atom. The van der Waals surface area contributed by atoms with Crippen molar-refractivity contribution in [1.82, 2.24) is 15.5 Å². The van der Waals surface area contributed by atoms with Gasteiger partial charge in [-0.05, 0) is 39.2 Å². The number of hydrogen-bond donors (Lipinski definition) is 1. The molecule has 0 spiro atoms. The minimum absolute atomic E-state index is 0.222. The van der Waals surface area contributed by atoms with Crippen LogP contribution in [-0.4, -0.2) is 23.3 Å². The molecule has 1 unspecified atom stereocenters. The Labute approximate surface area is 108 Å². The number of nitrogens with one attached hydrogen (secondary N) is 1. The second-order valence-corrected chi connectivity index (χ2v) is 4.74. The first-order valence-electron chi connectivity index (χ1n) is 6.97. The first kappa shape index (κ1) is 13.5. The molecule has 0 aliphatic carbocycles. The molecule has 0 radical (unpaired) electrons. The molecule has 2 heterocycles. The average molecular weight is 253 g/mol. The highest BCUT2D eigenvalue weighted by Gasteiger charge is 2.35. The maximum absolute atomic E-state index is 5.88. The second-order valence-electron chi connectivity index (χ2n) is 4.74. The largest absolute Gasteiger partial charge is 0.367 e. The minimum Gasteiger partial charge on any atom is -0.367 e. The SMILES string of the molecule is CCOC(CC)(CC)c1noc(C2CCCN2)n1. The summed E-state index contributed by atoms with van der Waals surface area (Å²) < 4.78 is 11.3. The Morgan fingerprint density at radius 1 is 1.39 bits per heavy atom. The number of aromatic nitrogens is 2. The lowest BCUT2D eigenvalue weighted by Gasteiger charge is -2.27. The number of ether oxygens (including phenoxy) is 1. The van der Waals surface area contributed by atoms with E-state index in [0.717, 1.165) is 25.8 Å². The lowest BCUT2D eigenvalue weighted by molar-refractivity contribution is -0.0583. The van der Waals surface area contributed by atoms with Crippen molar-refractivity contribution in [3.05, 3.63) is 11.7 Å². The summed E-state index contributed by atoms with van der Waals surface area (Å²) in [4.78, 5) is 4.56. The molecule has 2 rings (SSSR count). The zero-order valence-electron chi connectivity index (χ0n) is 11.5. The van der Waals surface area contributed by atoms with Gasteiger partial charge in [-0.25, -0.2) is 0 Å². The summed E-state index contributed by atoms with van der Waals surface area (Å²) >= 11 is 0. The molecule has 5 nitrogen and oxygen atoms in total. The molecule has 0 bridgehead atoms. The predicted molar refractivity (Wildman–Crippen MR) is 68.2 cm³/mol. The van der Waals surface area contributed by atoms with Crippen LogP contribution in [0.25, 0.3) is 0 Å². The van der Waals surface area contributed by atoms with Gasteiger partial charge in [-0.15, -0.1) is 0 Å². The fourth-order valence-electron chi connectivity index (χ4n) is 2.57. The van der Waals surface area contributed by atoms with Gasteiger partial charge in [-0.2, -0.15) is 4.98 Å². The van der Waals surface area contributed by atoms with Gasteiger partial charge in [0.2, 0.25) is 11.7 Å². The van der Waals surface area contributed by atoms with E-state index in [1.54, 1.807) is 0 Å². The normalized spacial score (nSPS) is 20.5. The van der Waals surface area contributed by atoms with E-state index in [0.29, 0.717) is 18.3 Å². The quantitative estimate of drug-likeness (QED) is 0.844. The van der Waals surface area contributed by atoms with E-state index in [2.05, 4.69) is 29.3 Å². The molecule has 1 aliphatic heterocycles. The van der Waals surface area contributed by atoms with Gasteiger partial charge in [-0.1, -0.05) is 19.0 Å². The van der Waals surface area contributed by atoms with Crippen LogP contribution >= 0.6 is 0 Å². The zero-order valence-corrected chi connectivity index (χ0v) is 11.5. The van der Waals surface area contributed by atoms with Crippen LogP contribution in [0.2, 0.25) is 0 Å². The third-order valence-electron chi connectivity index (χ3n) is 3.77. The molecule has 1 fully saturated rings. The number of nitrogens with zero attached hydrogens (tertiary/aromatic N) is 2. The fraction of sp³-hybridized carbons (Fsp3) is 0.846. The third kappa shape index (κ3) is 2.42. The molecule has 18 heavy (non-hydrogen) atoms. The Bertz CT molecular complexity index is 368. The van der Waals surface area contributed by atoms with Gasteiger partial charge in [-0.3, -0.25) is 0 Å². The highest BCUT2D eigenvalue weighted by molar-refractivity contribution is 5.03. The van der Waals surface area contributed by atoms with Gasteiger partial charge in [0, 0.05) is 6.61 Å². The van der Waals surface area contributed by atoms with E-state index in [1.165, 1.54) is 6.42 Å². The lowest BCUT2D eigenvalue weighted by Crippen LogP contribution is -2.30. The van der Waals surface area contributed by atoms with E-state index in [1.807, 2.05) is 6.92 Å². The van der Waals surface area contributed by atoms with E-state index >= 15 is 0 Å². The summed E-state index contributed by atoms with van der Waals surface area (Å²) in [6, 6.07) is 0.222. The van der Waals surface area contributed by atoms with Crippen LogP contribution < -0.4 is 5.32 Å². The molecule has 1 aromatic rings. The van der Waals surface area contributed by atoms with Crippen molar-refractivity contribution in [3.8, 4) is 0 Å². The van der Waals surface area contributed by atoms with E-state index in [-0.39, 0.29) is 6.04 Å². The standard InChI is InChI=1S/C13H23N3O2/c1-4-13(5-2,17-6-3)12-15-11(18-16-12)10-8-7-9-14-10/h10,14H,4-9H2,1-3H3. The maximum Gasteiger partial charge on any atom is 0.243 e. The van der Waals surface area contributed by atoms with E-state index < -0.39 is 5.60 Å². The summed E-state index contributed by atoms with van der Waals surface area (Å²) in [6.45, 7) is 7.89. The van der Waals surface area contributed by atoms with Crippen LogP contribution in [0.4, 0.5) is 0 Å². The summed E-state index contributed by atoms with van der Waals surface area (Å²) in [7, 11) is 0. The topological polar surface area (TPSA) is 60.2 Å². The Hall–Kier alpha value is -0.940. The molecule has 5 heteroatoms. The molecular formula is C13H23N3O2. The van der Waals surface area contributed by atoms with Crippen molar-refractivity contribution in [1.29, 1.82) is 0 Å². The van der Waals surface area contributed by atoms with Crippen LogP contribution in [0, 0.1) is 0 Å². The Morgan fingerprint density at radius 3 is 2.72 bits per heavy atom. The molecule has 1 atom stereocenters. The Kier molecular flexibility index (Phi) is 4.35. The van der Waals surface area contributed by atoms with E-state index in [9.17, 15) is 0 Å². The van der Waals surface area contributed by atoms with Crippen molar-refractivity contribution >= 4 is 0 Å². The van der Waals surface area contributed by atoms with Gasteiger partial charge >= 0.3 is 0 Å². The fourth-order valence-corrected chi connectivity index (χ4v) is 2.57. The molecule has 0 amide bonds. The Balaban J connectivity index is 2.20. The van der Waals surface area contributed by atoms with Crippen molar-refractivity contribution in [3.63, 3.8) is 0 Å². The number of hydrogen-bond acceptors (Lipinski definition) is 5. The third-order valence-corrected chi connectivity index (χ3v) is 3.77. The summed E-state index contributed by atoms with van der Waals surface area (Å²) in [6.07, 6.45) is 3.95. The van der Waals surface area contributed by atoms with Crippen molar-refractivity contribution in [2.75, 3.05) is 13.2 Å². The molecule has 102 valence electrons. The van der Waals surface area contributed by atoms with Crippen molar-refractivity contribution < 1.29 is 9.26 Å². The molecule has 1 saturated heterocycles. The van der Waals surface area contributed by atoms with Gasteiger partial charge < -0.3 is 14.6 Å². The van der Waals surface area contributed by atoms with Crippen LogP contribution in [0.3, 0.4) is 0 Å². The summed E-state index contributed by atoms with van der Waals surface area (Å²) in [5, 5.41) is 7.51. The van der Waals surface area contributed by atoms with Gasteiger partial charge in [0.15, 0.2) is 0 Å². The highest BCUT2D eigenvalue weighted by atomic mass is 16.5.